The summed E-state index contributed by atoms with van der Waals surface area (Å²) in [4.78, 5) is 13.1. The van der Waals surface area contributed by atoms with Crippen LogP contribution in [-0.2, 0) is 4.79 Å². The summed E-state index contributed by atoms with van der Waals surface area (Å²) in [5, 5.41) is 2.99. The van der Waals surface area contributed by atoms with E-state index in [1.54, 1.807) is 11.8 Å². The molecule has 0 bridgehead atoms. The van der Waals surface area contributed by atoms with Crippen LogP contribution in [0.3, 0.4) is 0 Å². The highest BCUT2D eigenvalue weighted by Crippen LogP contribution is 2.27. The second-order valence-electron chi connectivity index (χ2n) is 5.45. The lowest BCUT2D eigenvalue weighted by molar-refractivity contribution is -0.116. The molecule has 0 saturated carbocycles. The van der Waals surface area contributed by atoms with E-state index in [2.05, 4.69) is 19.2 Å². The number of hydrogen-bond acceptors (Lipinski definition) is 3. The number of para-hydroxylation sites is 1. The summed E-state index contributed by atoms with van der Waals surface area (Å²) in [5.74, 6) is 0.0756. The van der Waals surface area contributed by atoms with Gasteiger partial charge in [-0.3, -0.25) is 4.79 Å². The molecule has 19 heavy (non-hydrogen) atoms. The Balaban J connectivity index is 2.52. The number of anilines is 1. The minimum Gasteiger partial charge on any atom is -0.330 e. The summed E-state index contributed by atoms with van der Waals surface area (Å²) in [5.41, 5.74) is 6.61. The highest BCUT2D eigenvalue weighted by molar-refractivity contribution is 7.98. The molecule has 3 nitrogen and oxygen atoms in total. The van der Waals surface area contributed by atoms with Crippen molar-refractivity contribution in [3.05, 3.63) is 24.3 Å². The van der Waals surface area contributed by atoms with Gasteiger partial charge in [-0.1, -0.05) is 26.0 Å². The van der Waals surface area contributed by atoms with Gasteiger partial charge in [-0.2, -0.15) is 0 Å². The van der Waals surface area contributed by atoms with Gasteiger partial charge >= 0.3 is 0 Å². The molecule has 1 aromatic carbocycles. The standard InChI is InChI=1S/C15H24N2OS/c1-15(2,10-11-16)9-8-14(18)17-12-6-4-5-7-13(12)19-3/h4-7H,8-11,16H2,1-3H3,(H,17,18). The Morgan fingerprint density at radius 2 is 2.00 bits per heavy atom. The number of amides is 1. The van der Waals surface area contributed by atoms with Crippen LogP contribution in [0.2, 0.25) is 0 Å². The van der Waals surface area contributed by atoms with Gasteiger partial charge in [-0.25, -0.2) is 0 Å². The molecule has 0 aliphatic carbocycles. The second kappa shape index (κ2) is 7.56. The molecule has 4 heteroatoms. The molecule has 0 radical (unpaired) electrons. The van der Waals surface area contributed by atoms with Crippen LogP contribution >= 0.6 is 11.8 Å². The highest BCUT2D eigenvalue weighted by atomic mass is 32.2. The van der Waals surface area contributed by atoms with Crippen molar-refractivity contribution in [3.8, 4) is 0 Å². The van der Waals surface area contributed by atoms with E-state index < -0.39 is 0 Å². The Morgan fingerprint density at radius 3 is 2.63 bits per heavy atom. The molecule has 0 fully saturated rings. The summed E-state index contributed by atoms with van der Waals surface area (Å²) in [7, 11) is 0. The SMILES string of the molecule is CSc1ccccc1NC(=O)CCC(C)(C)CCN. The van der Waals surface area contributed by atoms with Crippen molar-refractivity contribution >= 4 is 23.4 Å². The lowest BCUT2D eigenvalue weighted by Crippen LogP contribution is -2.20. The number of thioether (sulfide) groups is 1. The maximum absolute atomic E-state index is 12.0. The van der Waals surface area contributed by atoms with Crippen molar-refractivity contribution in [2.75, 3.05) is 18.1 Å². The van der Waals surface area contributed by atoms with E-state index >= 15 is 0 Å². The van der Waals surface area contributed by atoms with Gasteiger partial charge in [0.05, 0.1) is 5.69 Å². The monoisotopic (exact) mass is 280 g/mol. The van der Waals surface area contributed by atoms with Gasteiger partial charge in [0.2, 0.25) is 5.91 Å². The summed E-state index contributed by atoms with van der Waals surface area (Å²) >= 11 is 1.64. The molecule has 0 spiro atoms. The number of carbonyl (C=O) groups excluding carboxylic acids is 1. The van der Waals surface area contributed by atoms with E-state index in [0.29, 0.717) is 13.0 Å². The number of carbonyl (C=O) groups is 1. The molecule has 1 aromatic rings. The number of nitrogens with two attached hydrogens (primary N) is 1. The Morgan fingerprint density at radius 1 is 1.32 bits per heavy atom. The van der Waals surface area contributed by atoms with Crippen LogP contribution in [0.4, 0.5) is 5.69 Å². The first-order valence-electron chi connectivity index (χ1n) is 6.61. The van der Waals surface area contributed by atoms with Gasteiger partial charge in [0, 0.05) is 11.3 Å². The average molecular weight is 280 g/mol. The lowest BCUT2D eigenvalue weighted by Gasteiger charge is -2.23. The molecule has 0 aliphatic rings. The first-order chi connectivity index (χ1) is 8.98. The van der Waals surface area contributed by atoms with E-state index in [4.69, 9.17) is 5.73 Å². The van der Waals surface area contributed by atoms with E-state index in [-0.39, 0.29) is 11.3 Å². The van der Waals surface area contributed by atoms with Crippen LogP contribution in [0.5, 0.6) is 0 Å². The molecule has 0 saturated heterocycles. The average Bonchev–Trinajstić information content (AvgIpc) is 2.37. The largest absolute Gasteiger partial charge is 0.330 e. The zero-order valence-electron chi connectivity index (χ0n) is 12.0. The van der Waals surface area contributed by atoms with Crippen LogP contribution < -0.4 is 11.1 Å². The van der Waals surface area contributed by atoms with Crippen molar-refractivity contribution in [1.82, 2.24) is 0 Å². The normalized spacial score (nSPS) is 11.4. The first kappa shape index (κ1) is 16.1. The van der Waals surface area contributed by atoms with Gasteiger partial charge in [0.15, 0.2) is 0 Å². The zero-order valence-corrected chi connectivity index (χ0v) is 12.8. The minimum absolute atomic E-state index is 0.0756. The van der Waals surface area contributed by atoms with Crippen LogP contribution in [0, 0.1) is 5.41 Å². The zero-order chi connectivity index (χ0) is 14.3. The molecule has 1 amide bonds. The molecule has 1 rings (SSSR count). The van der Waals surface area contributed by atoms with Crippen molar-refractivity contribution in [1.29, 1.82) is 0 Å². The number of benzene rings is 1. The first-order valence-corrected chi connectivity index (χ1v) is 7.84. The summed E-state index contributed by atoms with van der Waals surface area (Å²) in [6.07, 6.45) is 4.35. The Kier molecular flexibility index (Phi) is 6.38. The number of rotatable bonds is 7. The topological polar surface area (TPSA) is 55.1 Å². The predicted molar refractivity (Wildman–Crippen MR) is 83.5 cm³/mol. The maximum Gasteiger partial charge on any atom is 0.224 e. The van der Waals surface area contributed by atoms with Crippen molar-refractivity contribution in [2.24, 2.45) is 11.1 Å². The van der Waals surface area contributed by atoms with Crippen molar-refractivity contribution in [2.45, 2.75) is 38.0 Å². The quantitative estimate of drug-likeness (QED) is 0.752. The fraction of sp³-hybridized carbons (Fsp3) is 0.533. The Labute approximate surface area is 120 Å². The molecule has 0 unspecified atom stereocenters. The summed E-state index contributed by atoms with van der Waals surface area (Å²) < 4.78 is 0. The van der Waals surface area contributed by atoms with Crippen LogP contribution in [0.25, 0.3) is 0 Å². The van der Waals surface area contributed by atoms with Gasteiger partial charge in [0.25, 0.3) is 0 Å². The summed E-state index contributed by atoms with van der Waals surface area (Å²) in [6, 6.07) is 7.87. The van der Waals surface area contributed by atoms with Crippen LogP contribution in [-0.4, -0.2) is 18.7 Å². The molecule has 0 aliphatic heterocycles. The van der Waals surface area contributed by atoms with E-state index in [1.165, 1.54) is 0 Å². The van der Waals surface area contributed by atoms with E-state index in [0.717, 1.165) is 23.4 Å². The number of nitrogens with one attached hydrogen (secondary N) is 1. The van der Waals surface area contributed by atoms with E-state index in [1.807, 2.05) is 30.5 Å². The Hall–Kier alpha value is -1.00. The second-order valence-corrected chi connectivity index (χ2v) is 6.30. The Bertz CT molecular complexity index is 418. The van der Waals surface area contributed by atoms with E-state index in [9.17, 15) is 4.79 Å². The minimum atomic E-state index is 0.0756. The molecule has 3 N–H and O–H groups in total. The van der Waals surface area contributed by atoms with Gasteiger partial charge < -0.3 is 11.1 Å². The highest BCUT2D eigenvalue weighted by Gasteiger charge is 2.18. The lowest BCUT2D eigenvalue weighted by atomic mass is 9.84. The fourth-order valence-corrected chi connectivity index (χ4v) is 2.48. The third kappa shape index (κ3) is 5.66. The van der Waals surface area contributed by atoms with Gasteiger partial charge in [-0.05, 0) is 43.2 Å². The third-order valence-corrected chi connectivity index (χ3v) is 4.03. The molecular formula is C15H24N2OS. The molecule has 0 atom stereocenters. The maximum atomic E-state index is 12.0. The molecule has 106 valence electrons. The molecule has 0 heterocycles. The predicted octanol–water partition coefficient (Wildman–Crippen LogP) is 3.50. The van der Waals surface area contributed by atoms with Gasteiger partial charge in [0.1, 0.15) is 0 Å². The van der Waals surface area contributed by atoms with Crippen molar-refractivity contribution < 1.29 is 4.79 Å². The van der Waals surface area contributed by atoms with Crippen LogP contribution in [0.15, 0.2) is 29.2 Å². The van der Waals surface area contributed by atoms with Crippen LogP contribution in [0.1, 0.15) is 33.1 Å². The molecule has 0 aromatic heterocycles. The fourth-order valence-electron chi connectivity index (χ4n) is 1.93. The van der Waals surface area contributed by atoms with Crippen molar-refractivity contribution in [3.63, 3.8) is 0 Å². The van der Waals surface area contributed by atoms with Gasteiger partial charge in [-0.15, -0.1) is 11.8 Å². The molecular weight excluding hydrogens is 256 g/mol. The number of hydrogen-bond donors (Lipinski definition) is 2. The third-order valence-electron chi connectivity index (χ3n) is 3.23. The smallest absolute Gasteiger partial charge is 0.224 e. The summed E-state index contributed by atoms with van der Waals surface area (Å²) in [6.45, 7) is 4.98.